The molecular weight excluding hydrogens is 326 g/mol. The molecule has 0 unspecified atom stereocenters. The summed E-state index contributed by atoms with van der Waals surface area (Å²) in [6, 6.07) is 10.6. The van der Waals surface area contributed by atoms with E-state index in [-0.39, 0.29) is 11.4 Å². The number of rotatable bonds is 4. The summed E-state index contributed by atoms with van der Waals surface area (Å²) in [5.41, 5.74) is 2.35. The van der Waals surface area contributed by atoms with Crippen LogP contribution in [0.15, 0.2) is 42.7 Å². The molecule has 26 heavy (non-hydrogen) atoms. The van der Waals surface area contributed by atoms with Gasteiger partial charge in [0.25, 0.3) is 0 Å². The van der Waals surface area contributed by atoms with Gasteiger partial charge >= 0.3 is 0 Å². The Morgan fingerprint density at radius 3 is 2.46 bits per heavy atom. The summed E-state index contributed by atoms with van der Waals surface area (Å²) in [5.74, 6) is 0.213. The fourth-order valence-electron chi connectivity index (χ4n) is 4.25. The topological polar surface area (TPSA) is 53.4 Å². The molecule has 2 aromatic rings. The first-order valence-electron chi connectivity index (χ1n) is 9.43. The number of hydrogen-bond acceptors (Lipinski definition) is 4. The van der Waals surface area contributed by atoms with Gasteiger partial charge in [0.2, 0.25) is 5.91 Å². The average molecular weight is 353 g/mol. The van der Waals surface area contributed by atoms with E-state index in [9.17, 15) is 4.79 Å². The SMILES string of the molecule is CN1CCNC(=O)C12CCN(Cc1ccccc1Cn1cccn1)CC2. The lowest BCUT2D eigenvalue weighted by Gasteiger charge is -2.48. The number of amides is 1. The fraction of sp³-hybridized carbons (Fsp3) is 0.500. The Kier molecular flexibility index (Phi) is 4.78. The van der Waals surface area contributed by atoms with E-state index in [1.54, 1.807) is 0 Å². The van der Waals surface area contributed by atoms with Gasteiger partial charge < -0.3 is 5.32 Å². The highest BCUT2D eigenvalue weighted by molar-refractivity contribution is 5.87. The predicted octanol–water partition coefficient (Wildman–Crippen LogP) is 1.33. The molecule has 2 aliphatic heterocycles. The first-order valence-corrected chi connectivity index (χ1v) is 9.43. The predicted molar refractivity (Wildman–Crippen MR) is 101 cm³/mol. The fourth-order valence-corrected chi connectivity index (χ4v) is 4.25. The second-order valence-corrected chi connectivity index (χ2v) is 7.46. The van der Waals surface area contributed by atoms with Crippen molar-refractivity contribution in [3.8, 4) is 0 Å². The highest BCUT2D eigenvalue weighted by Gasteiger charge is 2.46. The second-order valence-electron chi connectivity index (χ2n) is 7.46. The van der Waals surface area contributed by atoms with Crippen LogP contribution < -0.4 is 5.32 Å². The lowest BCUT2D eigenvalue weighted by molar-refractivity contribution is -0.140. The van der Waals surface area contributed by atoms with Crippen LogP contribution in [0.5, 0.6) is 0 Å². The van der Waals surface area contributed by atoms with Crippen LogP contribution >= 0.6 is 0 Å². The van der Waals surface area contributed by atoms with E-state index in [4.69, 9.17) is 0 Å². The summed E-state index contributed by atoms with van der Waals surface area (Å²) in [5, 5.41) is 7.39. The Labute approximate surface area is 154 Å². The van der Waals surface area contributed by atoms with Crippen LogP contribution in [0.2, 0.25) is 0 Å². The molecule has 0 saturated carbocycles. The maximum atomic E-state index is 12.5. The lowest BCUT2D eigenvalue weighted by atomic mass is 9.83. The zero-order valence-electron chi connectivity index (χ0n) is 15.4. The molecule has 0 bridgehead atoms. The van der Waals surface area contributed by atoms with Crippen LogP contribution in [0.1, 0.15) is 24.0 Å². The Morgan fingerprint density at radius 2 is 1.81 bits per heavy atom. The average Bonchev–Trinajstić information content (AvgIpc) is 3.16. The molecule has 138 valence electrons. The van der Waals surface area contributed by atoms with E-state index >= 15 is 0 Å². The number of piperazine rings is 1. The zero-order valence-corrected chi connectivity index (χ0v) is 15.4. The molecular formula is C20H27N5O. The molecule has 2 saturated heterocycles. The first-order chi connectivity index (χ1) is 12.7. The van der Waals surface area contributed by atoms with E-state index in [0.29, 0.717) is 0 Å². The van der Waals surface area contributed by atoms with Crippen LogP contribution in [0, 0.1) is 0 Å². The van der Waals surface area contributed by atoms with Gasteiger partial charge in [0.05, 0.1) is 6.54 Å². The van der Waals surface area contributed by atoms with E-state index in [1.165, 1.54) is 11.1 Å². The summed E-state index contributed by atoms with van der Waals surface area (Å²) in [7, 11) is 2.09. The quantitative estimate of drug-likeness (QED) is 0.901. The van der Waals surface area contributed by atoms with Crippen LogP contribution in [0.3, 0.4) is 0 Å². The molecule has 3 heterocycles. The standard InChI is InChI=1S/C20H27N5O/c1-23-14-10-21-19(26)20(23)7-12-24(13-8-20)15-17-5-2-3-6-18(17)16-25-11-4-9-22-25/h2-6,9,11H,7-8,10,12-16H2,1H3,(H,21,26). The van der Waals surface area contributed by atoms with Gasteiger partial charge in [-0.25, -0.2) is 0 Å². The third-order valence-electron chi connectivity index (χ3n) is 5.97. The maximum absolute atomic E-state index is 12.5. The van der Waals surface area contributed by atoms with Crippen LogP contribution in [0.25, 0.3) is 0 Å². The molecule has 2 fully saturated rings. The number of hydrogen-bond donors (Lipinski definition) is 1. The van der Waals surface area contributed by atoms with Gasteiger partial charge in [-0.05, 0) is 37.1 Å². The van der Waals surface area contributed by atoms with Gasteiger partial charge in [-0.1, -0.05) is 24.3 Å². The number of nitrogens with zero attached hydrogens (tertiary/aromatic N) is 4. The normalized spacial score (nSPS) is 21.0. The molecule has 6 nitrogen and oxygen atoms in total. The van der Waals surface area contributed by atoms with E-state index < -0.39 is 0 Å². The van der Waals surface area contributed by atoms with Crippen molar-refractivity contribution in [2.24, 2.45) is 0 Å². The molecule has 0 aliphatic carbocycles. The van der Waals surface area contributed by atoms with Gasteiger partial charge in [0.15, 0.2) is 0 Å². The number of piperidine rings is 1. The van der Waals surface area contributed by atoms with Gasteiger partial charge in [-0.15, -0.1) is 0 Å². The number of nitrogens with one attached hydrogen (secondary N) is 1. The molecule has 4 rings (SSSR count). The van der Waals surface area contributed by atoms with Crippen molar-refractivity contribution >= 4 is 5.91 Å². The number of carbonyl (C=O) groups excluding carboxylic acids is 1. The third-order valence-corrected chi connectivity index (χ3v) is 5.97. The van der Waals surface area contributed by atoms with E-state index in [1.807, 2.05) is 23.1 Å². The Morgan fingerprint density at radius 1 is 1.08 bits per heavy atom. The zero-order chi connectivity index (χ0) is 18.0. The van der Waals surface area contributed by atoms with Crippen molar-refractivity contribution in [2.45, 2.75) is 31.5 Å². The van der Waals surface area contributed by atoms with Crippen molar-refractivity contribution in [3.05, 3.63) is 53.9 Å². The molecule has 1 aromatic heterocycles. The summed E-state index contributed by atoms with van der Waals surface area (Å²) in [6.45, 7) is 5.34. The van der Waals surface area contributed by atoms with Crippen molar-refractivity contribution in [3.63, 3.8) is 0 Å². The van der Waals surface area contributed by atoms with Crippen molar-refractivity contribution in [2.75, 3.05) is 33.2 Å². The molecule has 1 spiro atoms. The minimum absolute atomic E-state index is 0.213. The minimum Gasteiger partial charge on any atom is -0.353 e. The monoisotopic (exact) mass is 353 g/mol. The lowest BCUT2D eigenvalue weighted by Crippen LogP contribution is -2.66. The van der Waals surface area contributed by atoms with Crippen LogP contribution in [-0.2, 0) is 17.9 Å². The van der Waals surface area contributed by atoms with Gasteiger partial charge in [0.1, 0.15) is 5.54 Å². The number of aromatic nitrogens is 2. The molecule has 0 atom stereocenters. The van der Waals surface area contributed by atoms with E-state index in [0.717, 1.165) is 52.1 Å². The van der Waals surface area contributed by atoms with Crippen molar-refractivity contribution in [1.82, 2.24) is 24.9 Å². The smallest absolute Gasteiger partial charge is 0.240 e. The highest BCUT2D eigenvalue weighted by Crippen LogP contribution is 2.30. The number of carbonyl (C=O) groups is 1. The number of likely N-dealkylation sites (tertiary alicyclic amines) is 1. The summed E-state index contributed by atoms with van der Waals surface area (Å²) >= 11 is 0. The largest absolute Gasteiger partial charge is 0.353 e. The molecule has 6 heteroatoms. The molecule has 0 radical (unpaired) electrons. The van der Waals surface area contributed by atoms with Gasteiger partial charge in [-0.3, -0.25) is 19.3 Å². The van der Waals surface area contributed by atoms with Gasteiger partial charge in [0, 0.05) is 45.1 Å². The Bertz CT molecular complexity index is 749. The molecule has 1 N–H and O–H groups in total. The maximum Gasteiger partial charge on any atom is 0.240 e. The summed E-state index contributed by atoms with van der Waals surface area (Å²) in [6.07, 6.45) is 5.62. The summed E-state index contributed by atoms with van der Waals surface area (Å²) < 4.78 is 1.96. The van der Waals surface area contributed by atoms with Crippen LogP contribution in [0.4, 0.5) is 0 Å². The Hall–Kier alpha value is -2.18. The van der Waals surface area contributed by atoms with E-state index in [2.05, 4.69) is 51.5 Å². The number of benzene rings is 1. The molecule has 1 amide bonds. The first kappa shape index (κ1) is 17.2. The van der Waals surface area contributed by atoms with Crippen molar-refractivity contribution < 1.29 is 4.79 Å². The third kappa shape index (κ3) is 3.27. The Balaban J connectivity index is 1.43. The minimum atomic E-state index is -0.302. The van der Waals surface area contributed by atoms with Crippen molar-refractivity contribution in [1.29, 1.82) is 0 Å². The molecule has 2 aliphatic rings. The van der Waals surface area contributed by atoms with Gasteiger partial charge in [-0.2, -0.15) is 5.10 Å². The highest BCUT2D eigenvalue weighted by atomic mass is 16.2. The van der Waals surface area contributed by atoms with Crippen LogP contribution in [-0.4, -0.2) is 64.3 Å². The number of likely N-dealkylation sites (N-methyl/N-ethyl adjacent to an activating group) is 1. The summed E-state index contributed by atoms with van der Waals surface area (Å²) in [4.78, 5) is 17.2. The second kappa shape index (κ2) is 7.21. The molecule has 1 aromatic carbocycles.